The molecule has 2 heterocycles. The van der Waals surface area contributed by atoms with Gasteiger partial charge >= 0.3 is 5.69 Å². The van der Waals surface area contributed by atoms with E-state index in [1.54, 1.807) is 15.3 Å². The van der Waals surface area contributed by atoms with Crippen molar-refractivity contribution in [2.24, 2.45) is 5.92 Å². The van der Waals surface area contributed by atoms with Gasteiger partial charge in [-0.3, -0.25) is 9.13 Å². The van der Waals surface area contributed by atoms with E-state index in [9.17, 15) is 4.79 Å². The first-order valence-corrected chi connectivity index (χ1v) is 11.5. The first-order valence-electron chi connectivity index (χ1n) is 11.5. The van der Waals surface area contributed by atoms with E-state index in [1.807, 2.05) is 57.3 Å². The Hall–Kier alpha value is -2.93. The highest BCUT2D eigenvalue weighted by Crippen LogP contribution is 2.26. The Morgan fingerprint density at radius 3 is 2.69 bits per heavy atom. The van der Waals surface area contributed by atoms with Gasteiger partial charge in [-0.25, -0.2) is 14.8 Å². The van der Waals surface area contributed by atoms with Crippen molar-refractivity contribution in [3.63, 3.8) is 0 Å². The molecule has 0 amide bonds. The molecule has 7 nitrogen and oxygen atoms in total. The van der Waals surface area contributed by atoms with Crippen molar-refractivity contribution in [2.45, 2.75) is 72.3 Å². The molecule has 2 aromatic heterocycles. The molecule has 1 fully saturated rings. The van der Waals surface area contributed by atoms with E-state index in [1.165, 1.54) is 12.8 Å². The number of benzene rings is 1. The van der Waals surface area contributed by atoms with Crippen LogP contribution in [0.4, 0.5) is 5.95 Å². The normalized spacial score (nSPS) is 18.8. The maximum Gasteiger partial charge on any atom is 0.335 e. The summed E-state index contributed by atoms with van der Waals surface area (Å²) in [6.45, 7) is 8.44. The van der Waals surface area contributed by atoms with Gasteiger partial charge in [-0.05, 0) is 76.1 Å². The number of aryl methyl sites for hydroxylation is 1. The van der Waals surface area contributed by atoms with Crippen LogP contribution < -0.4 is 11.0 Å². The molecule has 0 saturated heterocycles. The van der Waals surface area contributed by atoms with Gasteiger partial charge in [0, 0.05) is 18.4 Å². The van der Waals surface area contributed by atoms with Crippen molar-refractivity contribution < 1.29 is 4.74 Å². The summed E-state index contributed by atoms with van der Waals surface area (Å²) >= 11 is 0. The number of ether oxygens (including phenoxy) is 1. The van der Waals surface area contributed by atoms with Gasteiger partial charge in [-0.15, -0.1) is 0 Å². The van der Waals surface area contributed by atoms with Gasteiger partial charge in [0.05, 0.1) is 23.2 Å². The van der Waals surface area contributed by atoms with E-state index in [0.29, 0.717) is 17.7 Å². The number of anilines is 1. The zero-order chi connectivity index (χ0) is 22.7. The highest BCUT2D eigenvalue weighted by Gasteiger charge is 2.20. The number of rotatable bonds is 7. The van der Waals surface area contributed by atoms with Crippen LogP contribution in [-0.2, 0) is 11.5 Å². The van der Waals surface area contributed by atoms with Crippen LogP contribution in [0.1, 0.15) is 52.0 Å². The molecule has 0 bridgehead atoms. The van der Waals surface area contributed by atoms with Crippen LogP contribution >= 0.6 is 0 Å². The molecule has 1 N–H and O–H groups in total. The van der Waals surface area contributed by atoms with Crippen molar-refractivity contribution in [3.05, 3.63) is 58.8 Å². The number of imidazole rings is 1. The predicted octanol–water partition coefficient (Wildman–Crippen LogP) is 4.78. The van der Waals surface area contributed by atoms with E-state index in [-0.39, 0.29) is 18.5 Å². The lowest BCUT2D eigenvalue weighted by Gasteiger charge is -2.26. The van der Waals surface area contributed by atoms with Crippen LogP contribution in [0.2, 0.25) is 0 Å². The fraction of sp³-hybridized carbons (Fsp3) is 0.480. The molecule has 0 unspecified atom stereocenters. The summed E-state index contributed by atoms with van der Waals surface area (Å²) in [5.41, 5.74) is 3.16. The molecule has 1 saturated carbocycles. The monoisotopic (exact) mass is 435 g/mol. The fourth-order valence-corrected chi connectivity index (χ4v) is 4.17. The summed E-state index contributed by atoms with van der Waals surface area (Å²) in [4.78, 5) is 22.5. The molecule has 1 aliphatic rings. The second-order valence-electron chi connectivity index (χ2n) is 9.15. The molecule has 0 spiro atoms. The van der Waals surface area contributed by atoms with Crippen LogP contribution in [0, 0.1) is 12.8 Å². The Morgan fingerprint density at radius 1 is 1.19 bits per heavy atom. The molecule has 0 atom stereocenters. The van der Waals surface area contributed by atoms with Crippen LogP contribution in [0.25, 0.3) is 17.1 Å². The topological polar surface area (TPSA) is 74.0 Å². The average molecular weight is 436 g/mol. The molecule has 170 valence electrons. The molecule has 3 aromatic rings. The number of nitrogens with zero attached hydrogens (tertiary/aromatic N) is 4. The predicted molar refractivity (Wildman–Crippen MR) is 127 cm³/mol. The van der Waals surface area contributed by atoms with E-state index in [2.05, 4.69) is 17.2 Å². The summed E-state index contributed by atoms with van der Waals surface area (Å²) in [7, 11) is 0. The standard InChI is InChI=1S/C25H33N5O2/c1-17(2)32-16-29-15-23(30(25(29)31)21-7-5-6-19(4)14-21)22-12-13-26-24(28-22)27-20-10-8-18(3)9-11-20/h5-7,12-15,17-18,20H,8-11,16H2,1-4H3,(H,26,27,28)/t18-,20-. The smallest absolute Gasteiger partial charge is 0.335 e. The van der Waals surface area contributed by atoms with E-state index in [4.69, 9.17) is 9.72 Å². The van der Waals surface area contributed by atoms with Gasteiger partial charge in [0.2, 0.25) is 5.95 Å². The zero-order valence-corrected chi connectivity index (χ0v) is 19.4. The van der Waals surface area contributed by atoms with Crippen molar-refractivity contribution >= 4 is 5.95 Å². The summed E-state index contributed by atoms with van der Waals surface area (Å²) in [6, 6.07) is 10.2. The van der Waals surface area contributed by atoms with Crippen molar-refractivity contribution in [1.29, 1.82) is 0 Å². The second-order valence-corrected chi connectivity index (χ2v) is 9.15. The SMILES string of the molecule is Cc1cccc(-n2c(-c3ccnc(N[C@H]4CC[C@H](C)CC4)n3)cn(COC(C)C)c2=O)c1. The van der Waals surface area contributed by atoms with E-state index in [0.717, 1.165) is 35.7 Å². The second kappa shape index (κ2) is 9.69. The summed E-state index contributed by atoms with van der Waals surface area (Å²) < 4.78 is 9.00. The Kier molecular flexibility index (Phi) is 6.74. The summed E-state index contributed by atoms with van der Waals surface area (Å²) in [6.07, 6.45) is 8.31. The van der Waals surface area contributed by atoms with E-state index >= 15 is 0 Å². The number of nitrogens with one attached hydrogen (secondary N) is 1. The van der Waals surface area contributed by atoms with Crippen LogP contribution in [-0.4, -0.2) is 31.2 Å². The first-order chi connectivity index (χ1) is 15.4. The minimum Gasteiger partial charge on any atom is -0.358 e. The first kappa shape index (κ1) is 22.3. The lowest BCUT2D eigenvalue weighted by atomic mass is 9.87. The van der Waals surface area contributed by atoms with Crippen LogP contribution in [0.5, 0.6) is 0 Å². The van der Waals surface area contributed by atoms with Gasteiger partial charge in [0.1, 0.15) is 6.73 Å². The largest absolute Gasteiger partial charge is 0.358 e. The quantitative estimate of drug-likeness (QED) is 0.578. The maximum atomic E-state index is 13.3. The molecule has 0 radical (unpaired) electrons. The Labute approximate surface area is 189 Å². The zero-order valence-electron chi connectivity index (χ0n) is 19.4. The summed E-state index contributed by atoms with van der Waals surface area (Å²) in [5.74, 6) is 1.40. The molecular weight excluding hydrogens is 402 g/mol. The van der Waals surface area contributed by atoms with Crippen molar-refractivity contribution in [3.8, 4) is 17.1 Å². The molecule has 7 heteroatoms. The van der Waals surface area contributed by atoms with E-state index < -0.39 is 0 Å². The van der Waals surface area contributed by atoms with Crippen LogP contribution in [0.3, 0.4) is 0 Å². The van der Waals surface area contributed by atoms with Gasteiger partial charge in [0.25, 0.3) is 0 Å². The highest BCUT2D eigenvalue weighted by atomic mass is 16.5. The third kappa shape index (κ3) is 5.10. The minimum atomic E-state index is -0.152. The third-order valence-electron chi connectivity index (χ3n) is 6.03. The van der Waals surface area contributed by atoms with Gasteiger partial charge in [-0.2, -0.15) is 0 Å². The lowest BCUT2D eigenvalue weighted by molar-refractivity contribution is 0.0268. The summed E-state index contributed by atoms with van der Waals surface area (Å²) in [5, 5.41) is 3.50. The molecule has 1 aliphatic carbocycles. The molecule has 32 heavy (non-hydrogen) atoms. The van der Waals surface area contributed by atoms with Gasteiger partial charge in [0.15, 0.2) is 0 Å². The van der Waals surface area contributed by atoms with Gasteiger partial charge < -0.3 is 10.1 Å². The highest BCUT2D eigenvalue weighted by molar-refractivity contribution is 5.59. The Balaban J connectivity index is 1.70. The average Bonchev–Trinajstić information content (AvgIpc) is 3.10. The number of hydrogen-bond acceptors (Lipinski definition) is 5. The molecule has 0 aliphatic heterocycles. The maximum absolute atomic E-state index is 13.3. The molecular formula is C25H33N5O2. The Morgan fingerprint density at radius 2 is 1.97 bits per heavy atom. The van der Waals surface area contributed by atoms with Crippen LogP contribution in [0.15, 0.2) is 47.5 Å². The lowest BCUT2D eigenvalue weighted by Crippen LogP contribution is -2.26. The fourth-order valence-electron chi connectivity index (χ4n) is 4.17. The third-order valence-corrected chi connectivity index (χ3v) is 6.03. The Bertz CT molecular complexity index is 1110. The number of aromatic nitrogens is 4. The van der Waals surface area contributed by atoms with Crippen molar-refractivity contribution in [2.75, 3.05) is 5.32 Å². The molecule has 4 rings (SSSR count). The van der Waals surface area contributed by atoms with Crippen molar-refractivity contribution in [1.82, 2.24) is 19.1 Å². The number of hydrogen-bond donors (Lipinski definition) is 1. The van der Waals surface area contributed by atoms with Gasteiger partial charge in [-0.1, -0.05) is 19.1 Å². The minimum absolute atomic E-state index is 0.0285. The molecule has 1 aromatic carbocycles.